The first-order valence-corrected chi connectivity index (χ1v) is 12.7. The average molecular weight is 488 g/mol. The number of esters is 1. The number of rotatable bonds is 7. The van der Waals surface area contributed by atoms with Gasteiger partial charge in [0, 0.05) is 5.41 Å². The van der Waals surface area contributed by atoms with Gasteiger partial charge in [0.2, 0.25) is 0 Å². The molecule has 8 heteroatoms. The van der Waals surface area contributed by atoms with Crippen LogP contribution in [0.5, 0.6) is 5.75 Å². The Balaban J connectivity index is 2.01. The van der Waals surface area contributed by atoms with E-state index in [0.717, 1.165) is 11.8 Å². The summed E-state index contributed by atoms with van der Waals surface area (Å²) in [5, 5.41) is 0. The maximum atomic E-state index is 13.7. The number of fused-ring (bicyclic) bond motifs is 1. The van der Waals surface area contributed by atoms with Crippen molar-refractivity contribution in [2.75, 3.05) is 10.8 Å². The lowest BCUT2D eigenvalue weighted by molar-refractivity contribution is -0.153. The van der Waals surface area contributed by atoms with Gasteiger partial charge in [0.05, 0.1) is 23.5 Å². The van der Waals surface area contributed by atoms with Crippen molar-refractivity contribution in [1.29, 1.82) is 0 Å². The molecular weight excluding hydrogens is 454 g/mol. The molecule has 0 unspecified atom stereocenters. The molecule has 0 saturated carbocycles. The molecule has 7 nitrogen and oxygen atoms in total. The van der Waals surface area contributed by atoms with E-state index >= 15 is 0 Å². The van der Waals surface area contributed by atoms with Gasteiger partial charge >= 0.3 is 5.97 Å². The zero-order valence-electron chi connectivity index (χ0n) is 20.6. The van der Waals surface area contributed by atoms with Gasteiger partial charge in [-0.3, -0.25) is 9.10 Å². The Bertz CT molecular complexity index is 1160. The zero-order chi connectivity index (χ0) is 25.3. The maximum absolute atomic E-state index is 13.7. The number of aldehydes is 1. The molecule has 34 heavy (non-hydrogen) atoms. The van der Waals surface area contributed by atoms with E-state index in [-0.39, 0.29) is 17.9 Å². The van der Waals surface area contributed by atoms with Gasteiger partial charge in [-0.05, 0) is 63.9 Å². The molecule has 0 aromatic heterocycles. The Morgan fingerprint density at radius 2 is 1.76 bits per heavy atom. The van der Waals surface area contributed by atoms with Gasteiger partial charge in [0.25, 0.3) is 10.0 Å². The molecule has 3 rings (SSSR count). The van der Waals surface area contributed by atoms with Crippen LogP contribution in [-0.2, 0) is 30.8 Å². The average Bonchev–Trinajstić information content (AvgIpc) is 2.72. The Hall–Kier alpha value is -2.87. The molecule has 1 aliphatic rings. The topological polar surface area (TPSA) is 90.0 Å². The van der Waals surface area contributed by atoms with E-state index in [1.165, 1.54) is 4.31 Å². The molecule has 0 amide bonds. The molecule has 0 saturated heterocycles. The third-order valence-corrected chi connectivity index (χ3v) is 7.20. The smallest absolute Gasteiger partial charge is 0.310 e. The molecule has 0 N–H and O–H groups in total. The van der Waals surface area contributed by atoms with Crippen LogP contribution >= 0.6 is 0 Å². The van der Waals surface area contributed by atoms with Crippen LogP contribution in [0.25, 0.3) is 0 Å². The van der Waals surface area contributed by atoms with Crippen LogP contribution in [0.2, 0.25) is 0 Å². The highest BCUT2D eigenvalue weighted by Gasteiger charge is 2.37. The van der Waals surface area contributed by atoms with Crippen LogP contribution in [0, 0.1) is 12.3 Å². The molecule has 0 spiro atoms. The van der Waals surface area contributed by atoms with Gasteiger partial charge < -0.3 is 14.3 Å². The van der Waals surface area contributed by atoms with Crippen molar-refractivity contribution in [1.82, 2.24) is 0 Å². The molecular formula is C26H33NO6S. The first-order chi connectivity index (χ1) is 15.7. The van der Waals surface area contributed by atoms with E-state index in [1.54, 1.807) is 77.1 Å². The Morgan fingerprint density at radius 1 is 1.12 bits per heavy atom. The second-order valence-corrected chi connectivity index (χ2v) is 12.3. The molecule has 0 fully saturated rings. The van der Waals surface area contributed by atoms with Gasteiger partial charge in [-0.25, -0.2) is 8.42 Å². The van der Waals surface area contributed by atoms with E-state index < -0.39 is 33.1 Å². The minimum absolute atomic E-state index is 0.00453. The number of nitrogens with zero attached hydrogens (tertiary/aromatic N) is 1. The Kier molecular flexibility index (Phi) is 7.12. The minimum Gasteiger partial charge on any atom is -0.486 e. The van der Waals surface area contributed by atoms with Crippen LogP contribution in [0.4, 0.5) is 5.69 Å². The number of hydrogen-bond acceptors (Lipinski definition) is 6. The lowest BCUT2D eigenvalue weighted by atomic mass is 9.88. The molecule has 0 bridgehead atoms. The standard InChI is InChI=1S/C26H33NO6S/c1-18-7-10-21(11-8-18)34(30,31)27-16-20(15-26(5,6)17-28)32-23-12-9-19(13-22(23)27)14-24(29)33-25(2,3)4/h7-13,17,20H,14-16H2,1-6H3/t20-/m0/s1. The molecule has 0 aliphatic carbocycles. The first-order valence-electron chi connectivity index (χ1n) is 11.3. The quantitative estimate of drug-likeness (QED) is 0.423. The fourth-order valence-electron chi connectivity index (χ4n) is 3.82. The molecule has 0 radical (unpaired) electrons. The van der Waals surface area contributed by atoms with Crippen LogP contribution in [-0.4, -0.2) is 38.9 Å². The van der Waals surface area contributed by atoms with Gasteiger partial charge in [-0.1, -0.05) is 37.6 Å². The van der Waals surface area contributed by atoms with Gasteiger partial charge in [0.15, 0.2) is 0 Å². The normalized spacial score (nSPS) is 16.4. The highest BCUT2D eigenvalue weighted by molar-refractivity contribution is 7.92. The summed E-state index contributed by atoms with van der Waals surface area (Å²) in [4.78, 5) is 24.0. The number of carbonyl (C=O) groups is 2. The summed E-state index contributed by atoms with van der Waals surface area (Å²) in [5.74, 6) is -0.00990. The lowest BCUT2D eigenvalue weighted by Crippen LogP contribution is -2.45. The third kappa shape index (κ3) is 6.17. The zero-order valence-corrected chi connectivity index (χ0v) is 21.4. The fourth-order valence-corrected chi connectivity index (χ4v) is 5.32. The van der Waals surface area contributed by atoms with Gasteiger partial charge in [-0.15, -0.1) is 0 Å². The molecule has 2 aromatic carbocycles. The summed E-state index contributed by atoms with van der Waals surface area (Å²) in [6.45, 7) is 10.9. The highest BCUT2D eigenvalue weighted by Crippen LogP contribution is 2.40. The summed E-state index contributed by atoms with van der Waals surface area (Å²) >= 11 is 0. The largest absolute Gasteiger partial charge is 0.486 e. The van der Waals surface area contributed by atoms with Crippen molar-refractivity contribution >= 4 is 28.0 Å². The monoisotopic (exact) mass is 487 g/mol. The molecule has 184 valence electrons. The second kappa shape index (κ2) is 9.41. The van der Waals surface area contributed by atoms with Crippen LogP contribution in [0.15, 0.2) is 47.4 Å². The molecule has 2 aromatic rings. The summed E-state index contributed by atoms with van der Waals surface area (Å²) in [6, 6.07) is 11.7. The lowest BCUT2D eigenvalue weighted by Gasteiger charge is -2.37. The number of sulfonamides is 1. The summed E-state index contributed by atoms with van der Waals surface area (Å²) in [6.07, 6.45) is 0.707. The second-order valence-electron chi connectivity index (χ2n) is 10.5. The summed E-state index contributed by atoms with van der Waals surface area (Å²) in [7, 11) is -3.91. The third-order valence-electron chi connectivity index (χ3n) is 5.41. The Morgan fingerprint density at radius 3 is 2.35 bits per heavy atom. The SMILES string of the molecule is Cc1ccc(S(=O)(=O)N2C[C@H](CC(C)(C)C=O)Oc3ccc(CC(=O)OC(C)(C)C)cc32)cc1. The number of ether oxygens (including phenoxy) is 2. The molecule has 1 heterocycles. The van der Waals surface area contributed by atoms with Crippen LogP contribution in [0.3, 0.4) is 0 Å². The van der Waals surface area contributed by atoms with Crippen molar-refractivity contribution in [2.24, 2.45) is 5.41 Å². The van der Waals surface area contributed by atoms with Crippen molar-refractivity contribution < 1.29 is 27.5 Å². The minimum atomic E-state index is -3.91. The van der Waals surface area contributed by atoms with Crippen molar-refractivity contribution in [3.63, 3.8) is 0 Å². The van der Waals surface area contributed by atoms with Gasteiger partial charge in [0.1, 0.15) is 23.7 Å². The van der Waals surface area contributed by atoms with Crippen LogP contribution < -0.4 is 9.04 Å². The predicted octanol–water partition coefficient (Wildman–Crippen LogP) is 4.45. The Labute approximate surface area is 202 Å². The van der Waals surface area contributed by atoms with Crippen molar-refractivity contribution in [2.45, 2.75) is 71.0 Å². The van der Waals surface area contributed by atoms with E-state index in [2.05, 4.69) is 0 Å². The maximum Gasteiger partial charge on any atom is 0.310 e. The summed E-state index contributed by atoms with van der Waals surface area (Å²) < 4.78 is 40.2. The molecule has 1 atom stereocenters. The first kappa shape index (κ1) is 25.7. The number of aryl methyl sites for hydroxylation is 1. The highest BCUT2D eigenvalue weighted by atomic mass is 32.2. The van der Waals surface area contributed by atoms with E-state index in [4.69, 9.17) is 9.47 Å². The van der Waals surface area contributed by atoms with E-state index in [0.29, 0.717) is 23.4 Å². The van der Waals surface area contributed by atoms with Gasteiger partial charge in [-0.2, -0.15) is 0 Å². The number of carbonyl (C=O) groups excluding carboxylic acids is 2. The van der Waals surface area contributed by atoms with E-state index in [1.807, 2.05) is 6.92 Å². The molecule has 1 aliphatic heterocycles. The number of hydrogen-bond donors (Lipinski definition) is 0. The van der Waals surface area contributed by atoms with E-state index in [9.17, 15) is 18.0 Å². The number of benzene rings is 2. The van der Waals surface area contributed by atoms with Crippen molar-refractivity contribution in [3.8, 4) is 5.75 Å². The number of anilines is 1. The van der Waals surface area contributed by atoms with Crippen LogP contribution in [0.1, 0.15) is 52.2 Å². The van der Waals surface area contributed by atoms with Crippen molar-refractivity contribution in [3.05, 3.63) is 53.6 Å². The fraction of sp³-hybridized carbons (Fsp3) is 0.462. The predicted molar refractivity (Wildman–Crippen MR) is 131 cm³/mol. The summed E-state index contributed by atoms with van der Waals surface area (Å²) in [5.41, 5.74) is 0.645.